The predicted octanol–water partition coefficient (Wildman–Crippen LogP) is 4.22. The number of fused-ring (bicyclic) bond motifs is 1. The van der Waals surface area contributed by atoms with Gasteiger partial charge in [-0.15, -0.1) is 0 Å². The summed E-state index contributed by atoms with van der Waals surface area (Å²) in [6.45, 7) is 2.84. The lowest BCUT2D eigenvalue weighted by Gasteiger charge is -2.14. The number of nitrogens with one attached hydrogen (secondary N) is 1. The molecule has 0 saturated carbocycles. The second-order valence-corrected chi connectivity index (χ2v) is 6.56. The molecule has 0 unspecified atom stereocenters. The summed E-state index contributed by atoms with van der Waals surface area (Å²) < 4.78 is 10.8. The Morgan fingerprint density at radius 2 is 1.74 bits per heavy atom. The van der Waals surface area contributed by atoms with Crippen molar-refractivity contribution in [2.24, 2.45) is 5.92 Å². The van der Waals surface area contributed by atoms with E-state index in [4.69, 9.17) is 9.47 Å². The molecule has 0 radical (unpaired) electrons. The lowest BCUT2D eigenvalue weighted by molar-refractivity contribution is -0.124. The van der Waals surface area contributed by atoms with E-state index in [1.807, 2.05) is 49.4 Å². The van der Waals surface area contributed by atoms with Gasteiger partial charge in [-0.05, 0) is 34.9 Å². The van der Waals surface area contributed by atoms with Crippen LogP contribution in [0.5, 0.6) is 11.5 Å². The summed E-state index contributed by atoms with van der Waals surface area (Å²) in [4.78, 5) is 12.4. The first-order valence-electron chi connectivity index (χ1n) is 9.18. The summed E-state index contributed by atoms with van der Waals surface area (Å²) in [6.07, 6.45) is 0.712. The molecule has 0 heterocycles. The Kier molecular flexibility index (Phi) is 6.31. The van der Waals surface area contributed by atoms with E-state index in [9.17, 15) is 4.79 Å². The molecule has 27 heavy (non-hydrogen) atoms. The fourth-order valence-corrected chi connectivity index (χ4v) is 3.10. The van der Waals surface area contributed by atoms with Crippen molar-refractivity contribution in [2.75, 3.05) is 20.3 Å². The fourth-order valence-electron chi connectivity index (χ4n) is 3.10. The first kappa shape index (κ1) is 18.8. The van der Waals surface area contributed by atoms with E-state index in [-0.39, 0.29) is 11.8 Å². The highest BCUT2D eigenvalue weighted by Gasteiger charge is 2.14. The maximum absolute atomic E-state index is 12.4. The molecular weight excluding hydrogens is 338 g/mol. The minimum Gasteiger partial charge on any atom is -0.497 e. The van der Waals surface area contributed by atoms with E-state index >= 15 is 0 Å². The van der Waals surface area contributed by atoms with Crippen molar-refractivity contribution in [3.8, 4) is 11.5 Å². The molecule has 0 saturated heterocycles. The van der Waals surface area contributed by atoms with Crippen molar-refractivity contribution in [3.63, 3.8) is 0 Å². The van der Waals surface area contributed by atoms with Gasteiger partial charge >= 0.3 is 0 Å². The van der Waals surface area contributed by atoms with Crippen LogP contribution < -0.4 is 14.8 Å². The van der Waals surface area contributed by atoms with E-state index in [0.717, 1.165) is 11.5 Å². The maximum Gasteiger partial charge on any atom is 0.223 e. The molecule has 140 valence electrons. The van der Waals surface area contributed by atoms with Crippen LogP contribution in [-0.4, -0.2) is 26.2 Å². The molecule has 1 atom stereocenters. The largest absolute Gasteiger partial charge is 0.497 e. The van der Waals surface area contributed by atoms with Crippen LogP contribution in [0.3, 0.4) is 0 Å². The van der Waals surface area contributed by atoms with Gasteiger partial charge in [-0.2, -0.15) is 0 Å². The monoisotopic (exact) mass is 363 g/mol. The molecule has 1 N–H and O–H groups in total. The number of rotatable bonds is 8. The number of hydrogen-bond acceptors (Lipinski definition) is 3. The van der Waals surface area contributed by atoms with E-state index in [1.165, 1.54) is 16.3 Å². The molecular formula is C23H25NO3. The molecule has 0 aromatic heterocycles. The summed E-state index contributed by atoms with van der Waals surface area (Å²) in [5.74, 6) is 1.41. The smallest absolute Gasteiger partial charge is 0.223 e. The Bertz CT molecular complexity index is 902. The normalized spacial score (nSPS) is 11.8. The third-order valence-corrected chi connectivity index (χ3v) is 4.56. The van der Waals surface area contributed by atoms with Gasteiger partial charge in [-0.3, -0.25) is 4.79 Å². The van der Waals surface area contributed by atoms with Crippen LogP contribution in [0.2, 0.25) is 0 Å². The molecule has 1 amide bonds. The Balaban J connectivity index is 1.49. The van der Waals surface area contributed by atoms with Crippen molar-refractivity contribution >= 4 is 16.7 Å². The number of hydrogen-bond donors (Lipinski definition) is 1. The van der Waals surface area contributed by atoms with Crippen molar-refractivity contribution in [1.82, 2.24) is 5.32 Å². The van der Waals surface area contributed by atoms with Gasteiger partial charge in [0.15, 0.2) is 0 Å². The standard InChI is InChI=1S/C23H25NO3/c1-17(15-19-9-5-8-18-7-3-4-12-22(18)19)23(25)24-13-14-27-21-11-6-10-20(16-21)26-2/h3-12,16-17H,13-15H2,1-2H3,(H,24,25)/t17-/m0/s1. The molecule has 4 heteroatoms. The van der Waals surface area contributed by atoms with Crippen LogP contribution in [0.1, 0.15) is 12.5 Å². The van der Waals surface area contributed by atoms with Crippen molar-refractivity contribution < 1.29 is 14.3 Å². The Hall–Kier alpha value is -3.01. The van der Waals surface area contributed by atoms with Crippen molar-refractivity contribution in [1.29, 1.82) is 0 Å². The van der Waals surface area contributed by atoms with Crippen molar-refractivity contribution in [3.05, 3.63) is 72.3 Å². The van der Waals surface area contributed by atoms with Gasteiger partial charge in [0.1, 0.15) is 18.1 Å². The SMILES string of the molecule is COc1cccc(OCCNC(=O)[C@@H](C)Cc2cccc3ccccc23)c1. The van der Waals surface area contributed by atoms with Crippen LogP contribution in [0.15, 0.2) is 66.7 Å². The number of methoxy groups -OCH3 is 1. The lowest BCUT2D eigenvalue weighted by Crippen LogP contribution is -2.33. The van der Waals surface area contributed by atoms with Gasteiger partial charge in [0, 0.05) is 12.0 Å². The van der Waals surface area contributed by atoms with E-state index < -0.39 is 0 Å². The zero-order valence-corrected chi connectivity index (χ0v) is 15.8. The number of amides is 1. The summed E-state index contributed by atoms with van der Waals surface area (Å²) in [5, 5.41) is 5.37. The number of carbonyl (C=O) groups excluding carboxylic acids is 1. The lowest BCUT2D eigenvalue weighted by atomic mass is 9.95. The third kappa shape index (κ3) is 5.00. The van der Waals surface area contributed by atoms with Gasteiger partial charge in [-0.25, -0.2) is 0 Å². The zero-order chi connectivity index (χ0) is 19.1. The summed E-state index contributed by atoms with van der Waals surface area (Å²) >= 11 is 0. The highest BCUT2D eigenvalue weighted by molar-refractivity contribution is 5.86. The van der Waals surface area contributed by atoms with Gasteiger partial charge in [0.05, 0.1) is 13.7 Å². The van der Waals surface area contributed by atoms with Crippen molar-refractivity contribution in [2.45, 2.75) is 13.3 Å². The minimum absolute atomic E-state index is 0.0391. The van der Waals surface area contributed by atoms with Crippen LogP contribution in [0.25, 0.3) is 10.8 Å². The minimum atomic E-state index is -0.104. The fraction of sp³-hybridized carbons (Fsp3) is 0.261. The molecule has 0 aliphatic rings. The second-order valence-electron chi connectivity index (χ2n) is 6.56. The van der Waals surface area contributed by atoms with E-state index in [0.29, 0.717) is 19.6 Å². The van der Waals surface area contributed by atoms with Crippen LogP contribution in [0.4, 0.5) is 0 Å². The van der Waals surface area contributed by atoms with E-state index in [2.05, 4.69) is 29.6 Å². The third-order valence-electron chi connectivity index (χ3n) is 4.56. The van der Waals surface area contributed by atoms with Crippen LogP contribution >= 0.6 is 0 Å². The van der Waals surface area contributed by atoms with Crippen LogP contribution in [0, 0.1) is 5.92 Å². The Morgan fingerprint density at radius 1 is 1.00 bits per heavy atom. The summed E-state index contributed by atoms with van der Waals surface area (Å²) in [5.41, 5.74) is 1.20. The zero-order valence-electron chi connectivity index (χ0n) is 15.8. The molecule has 4 nitrogen and oxygen atoms in total. The average Bonchev–Trinajstić information content (AvgIpc) is 2.71. The number of ether oxygens (including phenoxy) is 2. The summed E-state index contributed by atoms with van der Waals surface area (Å²) in [6, 6.07) is 21.9. The van der Waals surface area contributed by atoms with Gasteiger partial charge in [0.2, 0.25) is 5.91 Å². The number of benzene rings is 3. The first-order valence-corrected chi connectivity index (χ1v) is 9.18. The molecule has 0 bridgehead atoms. The van der Waals surface area contributed by atoms with Crippen LogP contribution in [-0.2, 0) is 11.2 Å². The summed E-state index contributed by atoms with van der Waals surface area (Å²) in [7, 11) is 1.62. The maximum atomic E-state index is 12.4. The first-order chi connectivity index (χ1) is 13.2. The van der Waals surface area contributed by atoms with Gasteiger partial charge in [0.25, 0.3) is 0 Å². The Morgan fingerprint density at radius 3 is 2.59 bits per heavy atom. The Labute approximate surface area is 160 Å². The quantitative estimate of drug-likeness (QED) is 0.610. The average molecular weight is 363 g/mol. The molecule has 0 aliphatic carbocycles. The topological polar surface area (TPSA) is 47.6 Å². The van der Waals surface area contributed by atoms with Gasteiger partial charge < -0.3 is 14.8 Å². The highest BCUT2D eigenvalue weighted by atomic mass is 16.5. The predicted molar refractivity (Wildman–Crippen MR) is 108 cm³/mol. The molecule has 0 spiro atoms. The molecule has 0 aliphatic heterocycles. The number of carbonyl (C=O) groups is 1. The van der Waals surface area contributed by atoms with Gasteiger partial charge in [-0.1, -0.05) is 55.5 Å². The molecule has 3 aromatic rings. The molecule has 3 aromatic carbocycles. The molecule has 0 fully saturated rings. The van der Waals surface area contributed by atoms with E-state index in [1.54, 1.807) is 7.11 Å². The molecule has 3 rings (SSSR count). The second kappa shape index (κ2) is 9.08. The highest BCUT2D eigenvalue weighted by Crippen LogP contribution is 2.21.